The van der Waals surface area contributed by atoms with Gasteiger partial charge in [0.1, 0.15) is 0 Å². The van der Waals surface area contributed by atoms with Crippen molar-refractivity contribution in [3.05, 3.63) is 22.4 Å². The summed E-state index contributed by atoms with van der Waals surface area (Å²) >= 11 is 1.75. The minimum absolute atomic E-state index is 0.245. The molecule has 1 amide bonds. The molecule has 0 spiro atoms. The summed E-state index contributed by atoms with van der Waals surface area (Å²) in [5, 5.41) is 11.6. The summed E-state index contributed by atoms with van der Waals surface area (Å²) < 4.78 is 0. The van der Waals surface area contributed by atoms with Crippen LogP contribution in [-0.4, -0.2) is 35.1 Å². The van der Waals surface area contributed by atoms with E-state index in [1.54, 1.807) is 11.3 Å². The largest absolute Gasteiger partial charge is 0.393 e. The second-order valence-corrected chi connectivity index (χ2v) is 6.09. The van der Waals surface area contributed by atoms with E-state index in [-0.39, 0.29) is 17.9 Å². The number of aliphatic hydroxyl groups is 1. The molecule has 2 heterocycles. The van der Waals surface area contributed by atoms with Crippen LogP contribution < -0.4 is 0 Å². The quantitative estimate of drug-likeness (QED) is 0.889. The SMILES string of the molecule is CC(O)C1CCN(C(=O)CCCc2cccs2)C1. The van der Waals surface area contributed by atoms with Crippen molar-refractivity contribution in [1.82, 2.24) is 4.90 Å². The third-order valence-corrected chi connectivity index (χ3v) is 4.59. The van der Waals surface area contributed by atoms with Crippen LogP contribution in [0.25, 0.3) is 0 Å². The van der Waals surface area contributed by atoms with Gasteiger partial charge in [-0.05, 0) is 37.6 Å². The molecule has 1 N–H and O–H groups in total. The Labute approximate surface area is 112 Å². The van der Waals surface area contributed by atoms with E-state index in [4.69, 9.17) is 0 Å². The predicted molar refractivity (Wildman–Crippen MR) is 73.6 cm³/mol. The second-order valence-electron chi connectivity index (χ2n) is 5.06. The van der Waals surface area contributed by atoms with Crippen LogP contribution in [0.2, 0.25) is 0 Å². The van der Waals surface area contributed by atoms with Crippen LogP contribution >= 0.6 is 11.3 Å². The zero-order valence-corrected chi connectivity index (χ0v) is 11.7. The van der Waals surface area contributed by atoms with E-state index in [9.17, 15) is 9.90 Å². The van der Waals surface area contributed by atoms with E-state index in [1.807, 2.05) is 11.8 Å². The zero-order valence-electron chi connectivity index (χ0n) is 10.8. The van der Waals surface area contributed by atoms with Crippen LogP contribution in [0.4, 0.5) is 0 Å². The van der Waals surface area contributed by atoms with Gasteiger partial charge in [0, 0.05) is 30.3 Å². The number of carbonyl (C=O) groups is 1. The fraction of sp³-hybridized carbons (Fsp3) is 0.643. The average Bonchev–Trinajstić information content (AvgIpc) is 2.99. The van der Waals surface area contributed by atoms with Gasteiger partial charge in [0.2, 0.25) is 5.91 Å². The lowest BCUT2D eigenvalue weighted by molar-refractivity contribution is -0.130. The Morgan fingerprint density at radius 3 is 3.11 bits per heavy atom. The molecule has 0 aromatic carbocycles. The Balaban J connectivity index is 1.69. The van der Waals surface area contributed by atoms with Gasteiger partial charge >= 0.3 is 0 Å². The summed E-state index contributed by atoms with van der Waals surface area (Å²) in [6, 6.07) is 4.17. The number of amides is 1. The summed E-state index contributed by atoms with van der Waals surface area (Å²) in [7, 11) is 0. The number of nitrogens with zero attached hydrogens (tertiary/aromatic N) is 1. The molecule has 1 aliphatic rings. The van der Waals surface area contributed by atoms with Gasteiger partial charge in [-0.25, -0.2) is 0 Å². The lowest BCUT2D eigenvalue weighted by Crippen LogP contribution is -2.30. The van der Waals surface area contributed by atoms with Gasteiger partial charge in [0.05, 0.1) is 6.10 Å². The second kappa shape index (κ2) is 6.34. The van der Waals surface area contributed by atoms with Crippen LogP contribution in [0.15, 0.2) is 17.5 Å². The van der Waals surface area contributed by atoms with Crippen molar-refractivity contribution in [2.24, 2.45) is 5.92 Å². The molecule has 2 atom stereocenters. The molecule has 1 aromatic heterocycles. The molecule has 0 aliphatic carbocycles. The van der Waals surface area contributed by atoms with Crippen molar-refractivity contribution in [2.45, 2.75) is 38.7 Å². The first-order chi connectivity index (χ1) is 8.66. The molecule has 1 aromatic rings. The third kappa shape index (κ3) is 3.56. The van der Waals surface area contributed by atoms with Crippen LogP contribution in [0.5, 0.6) is 0 Å². The molecule has 1 aliphatic heterocycles. The van der Waals surface area contributed by atoms with Gasteiger partial charge < -0.3 is 10.0 Å². The molecule has 18 heavy (non-hydrogen) atoms. The predicted octanol–water partition coefficient (Wildman–Crippen LogP) is 2.30. The highest BCUT2D eigenvalue weighted by molar-refractivity contribution is 7.09. The molecule has 0 radical (unpaired) electrons. The Morgan fingerprint density at radius 2 is 2.50 bits per heavy atom. The highest BCUT2D eigenvalue weighted by Crippen LogP contribution is 2.21. The number of carbonyl (C=O) groups excluding carboxylic acids is 1. The van der Waals surface area contributed by atoms with E-state index < -0.39 is 0 Å². The number of likely N-dealkylation sites (tertiary alicyclic amines) is 1. The van der Waals surface area contributed by atoms with Gasteiger partial charge in [-0.2, -0.15) is 0 Å². The normalized spacial score (nSPS) is 21.2. The van der Waals surface area contributed by atoms with Crippen molar-refractivity contribution < 1.29 is 9.90 Å². The number of rotatable bonds is 5. The topological polar surface area (TPSA) is 40.5 Å². The minimum Gasteiger partial charge on any atom is -0.393 e. The van der Waals surface area contributed by atoms with Crippen molar-refractivity contribution >= 4 is 17.2 Å². The molecule has 0 saturated carbocycles. The van der Waals surface area contributed by atoms with Gasteiger partial charge in [-0.15, -0.1) is 11.3 Å². The van der Waals surface area contributed by atoms with E-state index in [1.165, 1.54) is 4.88 Å². The molecule has 4 heteroatoms. The highest BCUT2D eigenvalue weighted by atomic mass is 32.1. The molecule has 1 saturated heterocycles. The third-order valence-electron chi connectivity index (χ3n) is 3.65. The lowest BCUT2D eigenvalue weighted by Gasteiger charge is -2.17. The van der Waals surface area contributed by atoms with Crippen LogP contribution in [0.1, 0.15) is 31.1 Å². The first-order valence-electron chi connectivity index (χ1n) is 6.65. The van der Waals surface area contributed by atoms with Crippen molar-refractivity contribution in [2.75, 3.05) is 13.1 Å². The molecule has 1 fully saturated rings. The summed E-state index contributed by atoms with van der Waals surface area (Å²) in [6.07, 6.45) is 3.19. The number of hydrogen-bond donors (Lipinski definition) is 1. The first kappa shape index (κ1) is 13.6. The number of thiophene rings is 1. The van der Waals surface area contributed by atoms with Gasteiger partial charge in [-0.1, -0.05) is 6.07 Å². The van der Waals surface area contributed by atoms with E-state index in [2.05, 4.69) is 17.5 Å². The summed E-state index contributed by atoms with van der Waals surface area (Å²) in [5.41, 5.74) is 0. The Hall–Kier alpha value is -0.870. The summed E-state index contributed by atoms with van der Waals surface area (Å²) in [5.74, 6) is 0.515. The molecule has 100 valence electrons. The maximum absolute atomic E-state index is 12.0. The molecule has 2 unspecified atom stereocenters. The van der Waals surface area contributed by atoms with E-state index >= 15 is 0 Å². The monoisotopic (exact) mass is 267 g/mol. The Morgan fingerprint density at radius 1 is 1.67 bits per heavy atom. The summed E-state index contributed by atoms with van der Waals surface area (Å²) in [6.45, 7) is 3.36. The highest BCUT2D eigenvalue weighted by Gasteiger charge is 2.28. The average molecular weight is 267 g/mol. The summed E-state index contributed by atoms with van der Waals surface area (Å²) in [4.78, 5) is 15.3. The Kier molecular flexibility index (Phi) is 4.78. The van der Waals surface area contributed by atoms with Crippen molar-refractivity contribution in [3.8, 4) is 0 Å². The molecular weight excluding hydrogens is 246 g/mol. The van der Waals surface area contributed by atoms with Crippen LogP contribution in [0, 0.1) is 5.92 Å². The fourth-order valence-corrected chi connectivity index (χ4v) is 3.19. The van der Waals surface area contributed by atoms with E-state index in [0.717, 1.165) is 32.4 Å². The fourth-order valence-electron chi connectivity index (χ4n) is 2.43. The Bertz CT molecular complexity index is 375. The van der Waals surface area contributed by atoms with Crippen LogP contribution in [-0.2, 0) is 11.2 Å². The number of aryl methyl sites for hydroxylation is 1. The molecular formula is C14H21NO2S. The maximum Gasteiger partial charge on any atom is 0.222 e. The van der Waals surface area contributed by atoms with E-state index in [0.29, 0.717) is 6.42 Å². The van der Waals surface area contributed by atoms with Crippen LogP contribution in [0.3, 0.4) is 0 Å². The number of aliphatic hydroxyl groups excluding tert-OH is 1. The molecule has 3 nitrogen and oxygen atoms in total. The lowest BCUT2D eigenvalue weighted by atomic mass is 10.0. The maximum atomic E-state index is 12.0. The van der Waals surface area contributed by atoms with Gasteiger partial charge in [0.15, 0.2) is 0 Å². The standard InChI is InChI=1S/C14H21NO2S/c1-11(16)12-7-8-15(10-12)14(17)6-2-4-13-5-3-9-18-13/h3,5,9,11-12,16H,2,4,6-8,10H2,1H3. The van der Waals surface area contributed by atoms with Gasteiger partial charge in [-0.3, -0.25) is 4.79 Å². The van der Waals surface area contributed by atoms with Crippen molar-refractivity contribution in [3.63, 3.8) is 0 Å². The molecule has 0 bridgehead atoms. The van der Waals surface area contributed by atoms with Gasteiger partial charge in [0.25, 0.3) is 0 Å². The minimum atomic E-state index is -0.297. The number of hydrogen-bond acceptors (Lipinski definition) is 3. The first-order valence-corrected chi connectivity index (χ1v) is 7.53. The van der Waals surface area contributed by atoms with Crippen molar-refractivity contribution in [1.29, 1.82) is 0 Å². The zero-order chi connectivity index (χ0) is 13.0. The smallest absolute Gasteiger partial charge is 0.222 e. The molecule has 2 rings (SSSR count).